The largest absolute Gasteiger partial charge is 0.492 e. The number of alkyl halides is 2. The minimum absolute atomic E-state index is 0.0723. The van der Waals surface area contributed by atoms with Gasteiger partial charge in [0.05, 0.1) is 12.1 Å². The van der Waals surface area contributed by atoms with Gasteiger partial charge in [-0.2, -0.15) is 8.78 Å². The van der Waals surface area contributed by atoms with Crippen LogP contribution in [0, 0.1) is 0 Å². The fourth-order valence-electron chi connectivity index (χ4n) is 2.01. The third kappa shape index (κ3) is 5.09. The Morgan fingerprint density at radius 1 is 1.21 bits per heavy atom. The van der Waals surface area contributed by atoms with Crippen molar-refractivity contribution in [3.63, 3.8) is 0 Å². The maximum absolute atomic E-state index is 12.4. The summed E-state index contributed by atoms with van der Waals surface area (Å²) in [5.41, 5.74) is 0.0723. The van der Waals surface area contributed by atoms with Gasteiger partial charge < -0.3 is 14.4 Å². The van der Waals surface area contributed by atoms with E-state index in [9.17, 15) is 13.6 Å². The van der Waals surface area contributed by atoms with E-state index in [0.29, 0.717) is 10.8 Å². The van der Waals surface area contributed by atoms with Crippen LogP contribution in [0.2, 0.25) is 5.02 Å². The van der Waals surface area contributed by atoms with Gasteiger partial charge in [0.25, 0.3) is 5.91 Å². The SMILES string of the molecule is CN(CCOc1cccc(Cl)c1)C(=O)c1ccccc1OC(F)F. The molecule has 128 valence electrons. The van der Waals surface area contributed by atoms with E-state index in [1.807, 2.05) is 0 Å². The summed E-state index contributed by atoms with van der Waals surface area (Å²) in [7, 11) is 1.56. The number of benzene rings is 2. The fraction of sp³-hybridized carbons (Fsp3) is 0.235. The highest BCUT2D eigenvalue weighted by atomic mass is 35.5. The van der Waals surface area contributed by atoms with Crippen LogP contribution in [0.25, 0.3) is 0 Å². The zero-order valence-electron chi connectivity index (χ0n) is 12.9. The number of hydrogen-bond acceptors (Lipinski definition) is 3. The molecule has 0 N–H and O–H groups in total. The predicted octanol–water partition coefficient (Wildman–Crippen LogP) is 4.09. The summed E-state index contributed by atoms with van der Waals surface area (Å²) in [6.45, 7) is -2.48. The number of amides is 1. The summed E-state index contributed by atoms with van der Waals surface area (Å²) in [6.07, 6.45) is 0. The van der Waals surface area contributed by atoms with Gasteiger partial charge in [-0.1, -0.05) is 29.8 Å². The Balaban J connectivity index is 1.95. The molecule has 0 aliphatic rings. The van der Waals surface area contributed by atoms with E-state index in [-0.39, 0.29) is 24.5 Å². The fourth-order valence-corrected chi connectivity index (χ4v) is 2.19. The van der Waals surface area contributed by atoms with Crippen LogP contribution in [0.15, 0.2) is 48.5 Å². The van der Waals surface area contributed by atoms with Crippen LogP contribution >= 0.6 is 11.6 Å². The van der Waals surface area contributed by atoms with Gasteiger partial charge in [-0.05, 0) is 30.3 Å². The second kappa shape index (κ2) is 8.49. The van der Waals surface area contributed by atoms with Crippen LogP contribution in [-0.4, -0.2) is 37.6 Å². The quantitative estimate of drug-likeness (QED) is 0.750. The van der Waals surface area contributed by atoms with E-state index in [1.54, 1.807) is 37.4 Å². The zero-order valence-corrected chi connectivity index (χ0v) is 13.7. The topological polar surface area (TPSA) is 38.8 Å². The number of carbonyl (C=O) groups excluding carboxylic acids is 1. The molecule has 1 amide bonds. The monoisotopic (exact) mass is 355 g/mol. The highest BCUT2D eigenvalue weighted by molar-refractivity contribution is 6.30. The normalized spacial score (nSPS) is 10.5. The van der Waals surface area contributed by atoms with Crippen molar-refractivity contribution in [1.82, 2.24) is 4.90 Å². The average Bonchev–Trinajstić information content (AvgIpc) is 2.54. The molecule has 0 radical (unpaired) electrons. The van der Waals surface area contributed by atoms with Crippen molar-refractivity contribution < 1.29 is 23.0 Å². The smallest absolute Gasteiger partial charge is 0.387 e. The summed E-state index contributed by atoms with van der Waals surface area (Å²) in [6, 6.07) is 12.8. The van der Waals surface area contributed by atoms with Crippen molar-refractivity contribution >= 4 is 17.5 Å². The lowest BCUT2D eigenvalue weighted by molar-refractivity contribution is -0.0502. The average molecular weight is 356 g/mol. The second-order valence-corrected chi connectivity index (χ2v) is 5.34. The minimum atomic E-state index is -2.99. The highest BCUT2D eigenvalue weighted by Gasteiger charge is 2.18. The van der Waals surface area contributed by atoms with Crippen LogP contribution in [-0.2, 0) is 0 Å². The van der Waals surface area contributed by atoms with Crippen molar-refractivity contribution in [2.45, 2.75) is 6.61 Å². The summed E-state index contributed by atoms with van der Waals surface area (Å²) in [4.78, 5) is 13.7. The summed E-state index contributed by atoms with van der Waals surface area (Å²) >= 11 is 5.86. The number of rotatable bonds is 7. The molecule has 0 fully saturated rings. The van der Waals surface area contributed by atoms with Gasteiger partial charge in [0.15, 0.2) is 0 Å². The van der Waals surface area contributed by atoms with Crippen LogP contribution in [0.3, 0.4) is 0 Å². The molecule has 7 heteroatoms. The third-order valence-corrected chi connectivity index (χ3v) is 3.41. The molecule has 0 unspecified atom stereocenters. The van der Waals surface area contributed by atoms with Crippen molar-refractivity contribution in [3.8, 4) is 11.5 Å². The zero-order chi connectivity index (χ0) is 17.5. The molecule has 0 aliphatic carbocycles. The van der Waals surface area contributed by atoms with E-state index < -0.39 is 12.5 Å². The standard InChI is InChI=1S/C17H16ClF2NO3/c1-21(9-10-23-13-6-4-5-12(18)11-13)16(22)14-7-2-3-8-15(14)24-17(19)20/h2-8,11,17H,9-10H2,1H3. The van der Waals surface area contributed by atoms with E-state index in [0.717, 1.165) is 0 Å². The number of carbonyl (C=O) groups is 1. The molecular formula is C17H16ClF2NO3. The van der Waals surface area contributed by atoms with Gasteiger partial charge >= 0.3 is 6.61 Å². The highest BCUT2D eigenvalue weighted by Crippen LogP contribution is 2.22. The number of para-hydroxylation sites is 1. The van der Waals surface area contributed by atoms with Crippen molar-refractivity contribution in [2.75, 3.05) is 20.2 Å². The molecule has 4 nitrogen and oxygen atoms in total. The van der Waals surface area contributed by atoms with Gasteiger partial charge in [-0.25, -0.2) is 0 Å². The van der Waals surface area contributed by atoms with Crippen LogP contribution in [0.5, 0.6) is 11.5 Å². The third-order valence-electron chi connectivity index (χ3n) is 3.17. The Kier molecular flexibility index (Phi) is 6.37. The molecule has 24 heavy (non-hydrogen) atoms. The van der Waals surface area contributed by atoms with Gasteiger partial charge in [0, 0.05) is 12.1 Å². The van der Waals surface area contributed by atoms with Crippen molar-refractivity contribution in [1.29, 1.82) is 0 Å². The Morgan fingerprint density at radius 3 is 2.67 bits per heavy atom. The molecule has 0 heterocycles. The van der Waals surface area contributed by atoms with Crippen LogP contribution < -0.4 is 9.47 Å². The first-order valence-electron chi connectivity index (χ1n) is 7.15. The molecule has 0 aromatic heterocycles. The maximum atomic E-state index is 12.4. The van der Waals surface area contributed by atoms with Gasteiger partial charge in [0.2, 0.25) is 0 Å². The summed E-state index contributed by atoms with van der Waals surface area (Å²) < 4.78 is 34.7. The first-order valence-corrected chi connectivity index (χ1v) is 7.53. The second-order valence-electron chi connectivity index (χ2n) is 4.91. The molecule has 0 atom stereocenters. The number of hydrogen-bond donors (Lipinski definition) is 0. The van der Waals surface area contributed by atoms with E-state index in [4.69, 9.17) is 16.3 Å². The molecule has 2 rings (SSSR count). The number of ether oxygens (including phenoxy) is 2. The van der Waals surface area contributed by atoms with E-state index >= 15 is 0 Å². The predicted molar refractivity (Wildman–Crippen MR) is 87.0 cm³/mol. The minimum Gasteiger partial charge on any atom is -0.492 e. The van der Waals surface area contributed by atoms with Crippen molar-refractivity contribution in [2.24, 2.45) is 0 Å². The van der Waals surface area contributed by atoms with Gasteiger partial charge in [0.1, 0.15) is 18.1 Å². The van der Waals surface area contributed by atoms with Crippen LogP contribution in [0.4, 0.5) is 8.78 Å². The Bertz CT molecular complexity index is 697. The molecular weight excluding hydrogens is 340 g/mol. The lowest BCUT2D eigenvalue weighted by Crippen LogP contribution is -2.31. The molecule has 0 bridgehead atoms. The van der Waals surface area contributed by atoms with E-state index in [1.165, 1.54) is 23.1 Å². The maximum Gasteiger partial charge on any atom is 0.387 e. The molecule has 0 saturated carbocycles. The number of halogens is 3. The van der Waals surface area contributed by atoms with Crippen molar-refractivity contribution in [3.05, 3.63) is 59.1 Å². The number of nitrogens with zero attached hydrogens (tertiary/aromatic N) is 1. The first kappa shape index (κ1) is 18.0. The van der Waals surface area contributed by atoms with E-state index in [2.05, 4.69) is 4.74 Å². The van der Waals surface area contributed by atoms with Gasteiger partial charge in [-0.3, -0.25) is 4.79 Å². The lowest BCUT2D eigenvalue weighted by atomic mass is 10.2. The molecule has 2 aromatic carbocycles. The lowest BCUT2D eigenvalue weighted by Gasteiger charge is -2.19. The molecule has 0 saturated heterocycles. The molecule has 0 spiro atoms. The Morgan fingerprint density at radius 2 is 1.96 bits per heavy atom. The summed E-state index contributed by atoms with van der Waals surface area (Å²) in [5.74, 6) is 0.00540. The Labute approximate surface area is 143 Å². The molecule has 2 aromatic rings. The first-order chi connectivity index (χ1) is 11.5. The summed E-state index contributed by atoms with van der Waals surface area (Å²) in [5, 5.41) is 0.551. The Hall–Kier alpha value is -2.34. The van der Waals surface area contributed by atoms with Crippen LogP contribution in [0.1, 0.15) is 10.4 Å². The van der Waals surface area contributed by atoms with Gasteiger partial charge in [-0.15, -0.1) is 0 Å². The molecule has 0 aliphatic heterocycles. The number of likely N-dealkylation sites (N-methyl/N-ethyl adjacent to an activating group) is 1.